The third-order valence-electron chi connectivity index (χ3n) is 4.71. The summed E-state index contributed by atoms with van der Waals surface area (Å²) in [6, 6.07) is 1.53. The van der Waals surface area contributed by atoms with Gasteiger partial charge in [-0.25, -0.2) is 0 Å². The molecule has 132 valence electrons. The van der Waals surface area contributed by atoms with E-state index in [0.717, 1.165) is 0 Å². The second-order valence-corrected chi connectivity index (χ2v) is 7.40. The van der Waals surface area contributed by atoms with Crippen LogP contribution in [0.2, 0.25) is 0 Å². The van der Waals surface area contributed by atoms with Gasteiger partial charge in [0.2, 0.25) is 0 Å². The number of halogens is 1. The van der Waals surface area contributed by atoms with Crippen LogP contribution in [0.5, 0.6) is 0 Å². The number of rotatable bonds is 1. The zero-order valence-corrected chi connectivity index (χ0v) is 15.1. The van der Waals surface area contributed by atoms with E-state index >= 15 is 0 Å². The van der Waals surface area contributed by atoms with E-state index in [9.17, 15) is 14.4 Å². The fourth-order valence-electron chi connectivity index (χ4n) is 3.48. The summed E-state index contributed by atoms with van der Waals surface area (Å²) in [5.41, 5.74) is 0.665. The first-order valence-corrected chi connectivity index (χ1v) is 8.09. The van der Waals surface area contributed by atoms with Gasteiger partial charge in [-0.1, -0.05) is 13.8 Å². The predicted molar refractivity (Wildman–Crippen MR) is 94.1 cm³/mol. The molecule has 2 N–H and O–H groups in total. The number of carbonyl (C=O) groups is 2. The Balaban J connectivity index is 0.00000208. The van der Waals surface area contributed by atoms with E-state index in [0.29, 0.717) is 43.7 Å². The summed E-state index contributed by atoms with van der Waals surface area (Å²) in [6.07, 6.45) is 1.07. The number of nitrogens with one attached hydrogen (secondary N) is 2. The predicted octanol–water partition coefficient (Wildman–Crippen LogP) is 1.39. The minimum absolute atomic E-state index is 0. The molecular formula is C17H24ClN3O3. The van der Waals surface area contributed by atoms with Crippen LogP contribution in [0.1, 0.15) is 53.6 Å². The molecule has 6 nitrogen and oxygen atoms in total. The molecule has 1 aliphatic heterocycles. The maximum absolute atomic E-state index is 12.7. The summed E-state index contributed by atoms with van der Waals surface area (Å²) >= 11 is 0. The Hall–Kier alpha value is -1.66. The van der Waals surface area contributed by atoms with Crippen molar-refractivity contribution in [2.45, 2.75) is 39.7 Å². The SMILES string of the molecule is C[C@@H]1CNCCN1C(=O)c1cc2c([nH]c1=O)CC(C)(C)CC2=O.Cl. The van der Waals surface area contributed by atoms with Gasteiger partial charge in [0.1, 0.15) is 5.56 Å². The average molecular weight is 354 g/mol. The smallest absolute Gasteiger partial charge is 0.261 e. The standard InChI is InChI=1S/C17H23N3O3.ClH/c1-10-9-18-4-5-20(10)16(23)12-6-11-13(19-15(12)22)7-17(2,3)8-14(11)21;/h6,10,18H,4-5,7-9H2,1-3H3,(H,19,22);1H/t10-;/m1./s1. The number of fused-ring (bicyclic) bond motifs is 1. The van der Waals surface area contributed by atoms with E-state index in [1.54, 1.807) is 4.90 Å². The van der Waals surface area contributed by atoms with Crippen LogP contribution >= 0.6 is 12.4 Å². The number of aromatic amines is 1. The first kappa shape index (κ1) is 18.7. The summed E-state index contributed by atoms with van der Waals surface area (Å²) in [4.78, 5) is 41.9. The lowest BCUT2D eigenvalue weighted by Crippen LogP contribution is -2.53. The van der Waals surface area contributed by atoms with Crippen LogP contribution in [0.25, 0.3) is 0 Å². The zero-order chi connectivity index (χ0) is 16.8. The van der Waals surface area contributed by atoms with Gasteiger partial charge < -0.3 is 15.2 Å². The Morgan fingerprint density at radius 3 is 2.67 bits per heavy atom. The maximum atomic E-state index is 12.7. The average Bonchev–Trinajstić information content (AvgIpc) is 2.45. The highest BCUT2D eigenvalue weighted by molar-refractivity contribution is 6.02. The van der Waals surface area contributed by atoms with E-state index in [1.165, 1.54) is 6.07 Å². The minimum atomic E-state index is -0.398. The van der Waals surface area contributed by atoms with Gasteiger partial charge in [0.25, 0.3) is 11.5 Å². The third-order valence-corrected chi connectivity index (χ3v) is 4.71. The molecule has 2 aliphatic rings. The number of amides is 1. The van der Waals surface area contributed by atoms with E-state index in [4.69, 9.17) is 0 Å². The van der Waals surface area contributed by atoms with Gasteiger partial charge in [-0.15, -0.1) is 12.4 Å². The Labute approximate surface area is 147 Å². The molecule has 3 rings (SSSR count). The second-order valence-electron chi connectivity index (χ2n) is 7.40. The lowest BCUT2D eigenvalue weighted by atomic mass is 9.75. The summed E-state index contributed by atoms with van der Waals surface area (Å²) < 4.78 is 0. The Kier molecular flexibility index (Phi) is 5.20. The number of carbonyl (C=O) groups excluding carboxylic acids is 2. The number of pyridine rings is 1. The summed E-state index contributed by atoms with van der Waals surface area (Å²) in [5.74, 6) is -0.296. The van der Waals surface area contributed by atoms with Crippen LogP contribution in [0.15, 0.2) is 10.9 Å². The Morgan fingerprint density at radius 1 is 1.29 bits per heavy atom. The molecule has 1 aromatic heterocycles. The number of piperazine rings is 1. The fourth-order valence-corrected chi connectivity index (χ4v) is 3.48. The van der Waals surface area contributed by atoms with Gasteiger partial charge in [0.15, 0.2) is 5.78 Å². The van der Waals surface area contributed by atoms with Gasteiger partial charge in [-0.3, -0.25) is 14.4 Å². The molecule has 0 unspecified atom stereocenters. The second kappa shape index (κ2) is 6.69. The van der Waals surface area contributed by atoms with Crippen molar-refractivity contribution < 1.29 is 9.59 Å². The summed E-state index contributed by atoms with van der Waals surface area (Å²) in [6.45, 7) is 7.96. The number of aromatic nitrogens is 1. The van der Waals surface area contributed by atoms with Crippen LogP contribution in [-0.2, 0) is 6.42 Å². The van der Waals surface area contributed by atoms with Crippen LogP contribution in [-0.4, -0.2) is 47.3 Å². The fraction of sp³-hybridized carbons (Fsp3) is 0.588. The number of ketones is 1. The molecule has 0 saturated carbocycles. The highest BCUT2D eigenvalue weighted by atomic mass is 35.5. The molecule has 24 heavy (non-hydrogen) atoms. The lowest BCUT2D eigenvalue weighted by Gasteiger charge is -2.34. The normalized spacial score (nSPS) is 22.5. The molecule has 7 heteroatoms. The molecule has 0 bridgehead atoms. The minimum Gasteiger partial charge on any atom is -0.333 e. The summed E-state index contributed by atoms with van der Waals surface area (Å²) in [5, 5.41) is 3.22. The van der Waals surface area contributed by atoms with E-state index in [2.05, 4.69) is 10.3 Å². The quantitative estimate of drug-likeness (QED) is 0.799. The number of H-pyrrole nitrogens is 1. The molecule has 1 amide bonds. The van der Waals surface area contributed by atoms with Crippen LogP contribution in [0, 0.1) is 5.41 Å². The third kappa shape index (κ3) is 3.39. The van der Waals surface area contributed by atoms with Gasteiger partial charge in [-0.2, -0.15) is 0 Å². The largest absolute Gasteiger partial charge is 0.333 e. The molecular weight excluding hydrogens is 330 g/mol. The van der Waals surface area contributed by atoms with Crippen molar-refractivity contribution in [3.8, 4) is 0 Å². The zero-order valence-electron chi connectivity index (χ0n) is 14.3. The summed E-state index contributed by atoms with van der Waals surface area (Å²) in [7, 11) is 0. The molecule has 1 saturated heterocycles. The molecule has 1 aliphatic carbocycles. The lowest BCUT2D eigenvalue weighted by molar-refractivity contribution is 0.0654. The highest BCUT2D eigenvalue weighted by Gasteiger charge is 2.34. The molecule has 2 heterocycles. The van der Waals surface area contributed by atoms with E-state index in [-0.39, 0.29) is 41.1 Å². The highest BCUT2D eigenvalue weighted by Crippen LogP contribution is 2.33. The van der Waals surface area contributed by atoms with Crippen molar-refractivity contribution in [3.63, 3.8) is 0 Å². The number of Topliss-reactive ketones (excluding diaryl/α,β-unsaturated/α-hetero) is 1. The van der Waals surface area contributed by atoms with Crippen LogP contribution in [0.4, 0.5) is 0 Å². The van der Waals surface area contributed by atoms with Crippen molar-refractivity contribution in [3.05, 3.63) is 33.2 Å². The van der Waals surface area contributed by atoms with Crippen molar-refractivity contribution in [2.24, 2.45) is 5.41 Å². The van der Waals surface area contributed by atoms with Crippen molar-refractivity contribution in [2.75, 3.05) is 19.6 Å². The van der Waals surface area contributed by atoms with Gasteiger partial charge in [-0.05, 0) is 24.8 Å². The van der Waals surface area contributed by atoms with Gasteiger partial charge in [0, 0.05) is 43.4 Å². The van der Waals surface area contributed by atoms with Crippen LogP contribution in [0.3, 0.4) is 0 Å². The Bertz CT molecular complexity index is 726. The molecule has 1 aromatic rings. The molecule has 0 spiro atoms. The Morgan fingerprint density at radius 2 is 2.00 bits per heavy atom. The molecule has 1 fully saturated rings. The first-order valence-electron chi connectivity index (χ1n) is 8.09. The van der Waals surface area contributed by atoms with E-state index in [1.807, 2.05) is 20.8 Å². The van der Waals surface area contributed by atoms with Crippen molar-refractivity contribution >= 4 is 24.1 Å². The number of hydrogen-bond donors (Lipinski definition) is 2. The molecule has 1 atom stereocenters. The molecule has 0 radical (unpaired) electrons. The maximum Gasteiger partial charge on any atom is 0.261 e. The van der Waals surface area contributed by atoms with Crippen molar-refractivity contribution in [1.29, 1.82) is 0 Å². The topological polar surface area (TPSA) is 82.3 Å². The first-order chi connectivity index (χ1) is 10.8. The molecule has 0 aromatic carbocycles. The number of hydrogen-bond acceptors (Lipinski definition) is 4. The van der Waals surface area contributed by atoms with Crippen molar-refractivity contribution in [1.82, 2.24) is 15.2 Å². The van der Waals surface area contributed by atoms with Gasteiger partial charge in [0.05, 0.1) is 0 Å². The monoisotopic (exact) mass is 353 g/mol. The number of nitrogens with zero attached hydrogens (tertiary/aromatic N) is 1. The van der Waals surface area contributed by atoms with E-state index < -0.39 is 5.56 Å². The van der Waals surface area contributed by atoms with Gasteiger partial charge >= 0.3 is 0 Å². The van der Waals surface area contributed by atoms with Crippen LogP contribution < -0.4 is 10.9 Å².